The number of nitrogens with zero attached hydrogens (tertiary/aromatic N) is 3. The molecule has 0 spiro atoms. The van der Waals surface area contributed by atoms with E-state index in [0.29, 0.717) is 5.69 Å². The lowest BCUT2D eigenvalue weighted by Crippen LogP contribution is -2.16. The van der Waals surface area contributed by atoms with Crippen molar-refractivity contribution in [2.24, 2.45) is 0 Å². The van der Waals surface area contributed by atoms with Crippen molar-refractivity contribution in [2.45, 2.75) is 0 Å². The summed E-state index contributed by atoms with van der Waals surface area (Å²) in [6.45, 7) is 0. The molecule has 0 aliphatic rings. The molecule has 132 valence electrons. The van der Waals surface area contributed by atoms with Gasteiger partial charge in [0.15, 0.2) is 11.6 Å². The molecule has 0 radical (unpaired) electrons. The van der Waals surface area contributed by atoms with Crippen LogP contribution in [0.25, 0.3) is 0 Å². The van der Waals surface area contributed by atoms with Gasteiger partial charge in [-0.3, -0.25) is 4.79 Å². The second kappa shape index (κ2) is 7.22. The van der Waals surface area contributed by atoms with Crippen LogP contribution in [0.1, 0.15) is 10.4 Å². The molecule has 0 bridgehead atoms. The molecule has 0 saturated carbocycles. The van der Waals surface area contributed by atoms with E-state index < -0.39 is 23.4 Å². The van der Waals surface area contributed by atoms with Crippen LogP contribution in [0.5, 0.6) is 0 Å². The number of halogens is 3. The van der Waals surface area contributed by atoms with Gasteiger partial charge in [0.1, 0.15) is 12.1 Å². The summed E-state index contributed by atoms with van der Waals surface area (Å²) in [6.07, 6.45) is 4.18. The van der Waals surface area contributed by atoms with Crippen molar-refractivity contribution in [1.29, 1.82) is 0 Å². The topological polar surface area (TPSA) is 58.1 Å². The van der Waals surface area contributed by atoms with Crippen LogP contribution in [0.3, 0.4) is 0 Å². The summed E-state index contributed by atoms with van der Waals surface area (Å²) in [5, 5.41) is 2.43. The fourth-order valence-corrected chi connectivity index (χ4v) is 2.33. The van der Waals surface area contributed by atoms with Gasteiger partial charge >= 0.3 is 0 Å². The third-order valence-electron chi connectivity index (χ3n) is 3.65. The Bertz CT molecular complexity index is 950. The summed E-state index contributed by atoms with van der Waals surface area (Å²) in [5.74, 6) is -3.44. The van der Waals surface area contributed by atoms with Gasteiger partial charge in [-0.05, 0) is 24.3 Å². The van der Waals surface area contributed by atoms with Crippen LogP contribution >= 0.6 is 0 Å². The zero-order valence-electron chi connectivity index (χ0n) is 13.6. The third-order valence-corrected chi connectivity index (χ3v) is 3.65. The average molecular weight is 358 g/mol. The number of carbonyl (C=O) groups is 1. The van der Waals surface area contributed by atoms with E-state index in [9.17, 15) is 18.0 Å². The van der Waals surface area contributed by atoms with E-state index in [0.717, 1.165) is 12.1 Å². The van der Waals surface area contributed by atoms with Crippen molar-refractivity contribution in [1.82, 2.24) is 9.97 Å². The van der Waals surface area contributed by atoms with Gasteiger partial charge in [-0.25, -0.2) is 23.1 Å². The first-order valence-corrected chi connectivity index (χ1v) is 7.50. The Balaban J connectivity index is 1.92. The van der Waals surface area contributed by atoms with E-state index >= 15 is 0 Å². The summed E-state index contributed by atoms with van der Waals surface area (Å²) in [7, 11) is 1.51. The van der Waals surface area contributed by atoms with Crippen LogP contribution in [-0.4, -0.2) is 22.9 Å². The van der Waals surface area contributed by atoms with Gasteiger partial charge in [0.2, 0.25) is 0 Å². The van der Waals surface area contributed by atoms with Crippen molar-refractivity contribution in [3.05, 3.63) is 78.1 Å². The van der Waals surface area contributed by atoms with E-state index in [1.807, 2.05) is 0 Å². The first-order valence-electron chi connectivity index (χ1n) is 7.50. The van der Waals surface area contributed by atoms with Gasteiger partial charge in [-0.1, -0.05) is 6.07 Å². The monoisotopic (exact) mass is 358 g/mol. The maximum absolute atomic E-state index is 14.2. The lowest BCUT2D eigenvalue weighted by molar-refractivity contribution is 0.102. The third kappa shape index (κ3) is 3.64. The Labute approximate surface area is 147 Å². The normalized spacial score (nSPS) is 10.5. The van der Waals surface area contributed by atoms with Gasteiger partial charge in [-0.2, -0.15) is 0 Å². The maximum Gasteiger partial charge on any atom is 0.255 e. The number of rotatable bonds is 4. The second-order valence-corrected chi connectivity index (χ2v) is 5.41. The minimum Gasteiger partial charge on any atom is -0.340 e. The summed E-state index contributed by atoms with van der Waals surface area (Å²) < 4.78 is 41.4. The summed E-state index contributed by atoms with van der Waals surface area (Å²) in [4.78, 5) is 21.2. The zero-order chi connectivity index (χ0) is 18.7. The van der Waals surface area contributed by atoms with E-state index in [4.69, 9.17) is 0 Å². The number of nitrogens with one attached hydrogen (secondary N) is 1. The van der Waals surface area contributed by atoms with Gasteiger partial charge in [0.05, 0.1) is 23.8 Å². The lowest BCUT2D eigenvalue weighted by atomic mass is 10.2. The van der Waals surface area contributed by atoms with Gasteiger partial charge in [-0.15, -0.1) is 0 Å². The minimum absolute atomic E-state index is 0.0249. The Hall–Kier alpha value is -3.42. The highest BCUT2D eigenvalue weighted by atomic mass is 19.2. The lowest BCUT2D eigenvalue weighted by Gasteiger charge is -2.20. The van der Waals surface area contributed by atoms with Gasteiger partial charge in [0, 0.05) is 24.4 Å². The SMILES string of the molecule is CN(c1cncnc1)c1cc(NC(=O)c2cccc(F)c2)cc(F)c1F. The molecule has 0 atom stereocenters. The van der Waals surface area contributed by atoms with Crippen molar-refractivity contribution in [3.63, 3.8) is 0 Å². The van der Waals surface area contributed by atoms with Crippen molar-refractivity contribution in [2.75, 3.05) is 17.3 Å². The van der Waals surface area contributed by atoms with E-state index in [1.54, 1.807) is 0 Å². The molecular formula is C18H13F3N4O. The Morgan fingerprint density at radius 1 is 1.08 bits per heavy atom. The summed E-state index contributed by atoms with van der Waals surface area (Å²) in [6, 6.07) is 7.15. The fourth-order valence-electron chi connectivity index (χ4n) is 2.33. The molecule has 1 aromatic heterocycles. The molecular weight excluding hydrogens is 345 g/mol. The highest BCUT2D eigenvalue weighted by Crippen LogP contribution is 2.30. The predicted octanol–water partition coefficient (Wildman–Crippen LogP) is 3.91. The number of hydrogen-bond donors (Lipinski definition) is 1. The number of amides is 1. The molecule has 0 fully saturated rings. The first kappa shape index (κ1) is 17.4. The van der Waals surface area contributed by atoms with Crippen molar-refractivity contribution < 1.29 is 18.0 Å². The van der Waals surface area contributed by atoms with Crippen LogP contribution in [0.15, 0.2) is 55.1 Å². The molecule has 3 rings (SSSR count). The van der Waals surface area contributed by atoms with Crippen LogP contribution in [0.4, 0.5) is 30.2 Å². The number of hydrogen-bond acceptors (Lipinski definition) is 4. The highest BCUT2D eigenvalue weighted by Gasteiger charge is 2.17. The van der Waals surface area contributed by atoms with E-state index in [1.165, 1.54) is 54.9 Å². The molecule has 0 saturated heterocycles. The number of aromatic nitrogens is 2. The minimum atomic E-state index is -1.14. The van der Waals surface area contributed by atoms with E-state index in [2.05, 4.69) is 15.3 Å². The van der Waals surface area contributed by atoms with Crippen molar-refractivity contribution in [3.8, 4) is 0 Å². The Kier molecular flexibility index (Phi) is 4.83. The molecule has 26 heavy (non-hydrogen) atoms. The predicted molar refractivity (Wildman–Crippen MR) is 90.8 cm³/mol. The molecule has 0 unspecified atom stereocenters. The van der Waals surface area contributed by atoms with Gasteiger partial charge in [0.25, 0.3) is 5.91 Å². The average Bonchev–Trinajstić information content (AvgIpc) is 2.64. The van der Waals surface area contributed by atoms with Crippen molar-refractivity contribution >= 4 is 23.0 Å². The number of carbonyl (C=O) groups excluding carboxylic acids is 1. The smallest absolute Gasteiger partial charge is 0.255 e. The molecule has 5 nitrogen and oxygen atoms in total. The second-order valence-electron chi connectivity index (χ2n) is 5.41. The Morgan fingerprint density at radius 2 is 1.81 bits per heavy atom. The number of benzene rings is 2. The van der Waals surface area contributed by atoms with Crippen LogP contribution in [-0.2, 0) is 0 Å². The standard InChI is InChI=1S/C18H13F3N4O/c1-25(14-8-22-10-23-9-14)16-7-13(6-15(20)17(16)21)24-18(26)11-3-2-4-12(19)5-11/h2-10H,1H3,(H,24,26). The molecule has 1 amide bonds. The largest absolute Gasteiger partial charge is 0.340 e. The molecule has 0 aliphatic heterocycles. The molecule has 2 aromatic carbocycles. The fraction of sp³-hybridized carbons (Fsp3) is 0.0556. The summed E-state index contributed by atoms with van der Waals surface area (Å²) >= 11 is 0. The molecule has 1 N–H and O–H groups in total. The van der Waals surface area contributed by atoms with Crippen LogP contribution in [0.2, 0.25) is 0 Å². The maximum atomic E-state index is 14.2. The molecule has 3 aromatic rings. The van der Waals surface area contributed by atoms with Crippen LogP contribution < -0.4 is 10.2 Å². The Morgan fingerprint density at radius 3 is 2.50 bits per heavy atom. The molecule has 8 heteroatoms. The first-order chi connectivity index (χ1) is 12.5. The quantitative estimate of drug-likeness (QED) is 0.768. The zero-order valence-corrected chi connectivity index (χ0v) is 13.6. The number of anilines is 3. The highest BCUT2D eigenvalue weighted by molar-refractivity contribution is 6.04. The summed E-state index contributed by atoms with van der Waals surface area (Å²) in [5.41, 5.74) is 0.395. The van der Waals surface area contributed by atoms with Gasteiger partial charge < -0.3 is 10.2 Å². The molecule has 0 aliphatic carbocycles. The molecule has 1 heterocycles. The van der Waals surface area contributed by atoms with E-state index in [-0.39, 0.29) is 16.9 Å². The van der Waals surface area contributed by atoms with Crippen LogP contribution in [0, 0.1) is 17.5 Å².